The zero-order chi connectivity index (χ0) is 21.1. The van der Waals surface area contributed by atoms with Crippen molar-refractivity contribution in [2.45, 2.75) is 65.0 Å². The second-order valence-electron chi connectivity index (χ2n) is 7.68. The fourth-order valence-corrected chi connectivity index (χ4v) is 3.43. The number of hydrogen-bond acceptors (Lipinski definition) is 2. The van der Waals surface area contributed by atoms with Gasteiger partial charge in [0, 0.05) is 0 Å². The van der Waals surface area contributed by atoms with Gasteiger partial charge in [0.2, 0.25) is 11.8 Å². The van der Waals surface area contributed by atoms with Gasteiger partial charge in [0.05, 0.1) is 12.1 Å². The van der Waals surface area contributed by atoms with E-state index in [1.54, 1.807) is 0 Å². The second kappa shape index (κ2) is 12.1. The quantitative estimate of drug-likeness (QED) is 0.400. The van der Waals surface area contributed by atoms with Gasteiger partial charge in [-0.05, 0) is 31.4 Å². The second-order valence-corrected chi connectivity index (χ2v) is 7.68. The van der Waals surface area contributed by atoms with Crippen LogP contribution in [0.4, 0.5) is 0 Å². The normalized spacial score (nSPS) is 13.9. The van der Waals surface area contributed by atoms with E-state index >= 15 is 0 Å². The van der Waals surface area contributed by atoms with E-state index < -0.39 is 5.92 Å². The van der Waals surface area contributed by atoms with Crippen molar-refractivity contribution >= 4 is 11.8 Å². The van der Waals surface area contributed by atoms with Gasteiger partial charge in [0.1, 0.15) is 5.92 Å². The summed E-state index contributed by atoms with van der Waals surface area (Å²) >= 11 is 0. The first-order valence-electron chi connectivity index (χ1n) is 10.7. The summed E-state index contributed by atoms with van der Waals surface area (Å²) in [6, 6.07) is 19.4. The monoisotopic (exact) mass is 394 g/mol. The van der Waals surface area contributed by atoms with Crippen molar-refractivity contribution in [3.63, 3.8) is 0 Å². The van der Waals surface area contributed by atoms with Gasteiger partial charge in [-0.25, -0.2) is 0 Å². The molecule has 2 atom stereocenters. The fourth-order valence-electron chi connectivity index (χ4n) is 3.43. The molecule has 29 heavy (non-hydrogen) atoms. The summed E-state index contributed by atoms with van der Waals surface area (Å²) in [5.41, 5.74) is 2.06. The lowest BCUT2D eigenvalue weighted by molar-refractivity contribution is -0.136. The maximum atomic E-state index is 13.0. The van der Waals surface area contributed by atoms with Crippen LogP contribution in [0.3, 0.4) is 0 Å². The highest BCUT2D eigenvalue weighted by atomic mass is 16.2. The fraction of sp³-hybridized carbons (Fsp3) is 0.440. The van der Waals surface area contributed by atoms with E-state index in [-0.39, 0.29) is 23.9 Å². The van der Waals surface area contributed by atoms with Crippen LogP contribution in [0, 0.1) is 5.92 Å². The molecular formula is C25H34N2O2. The molecule has 2 aromatic rings. The van der Waals surface area contributed by atoms with Crippen molar-refractivity contribution in [2.24, 2.45) is 5.92 Å². The van der Waals surface area contributed by atoms with Crippen LogP contribution in [0.1, 0.15) is 76.1 Å². The predicted molar refractivity (Wildman–Crippen MR) is 118 cm³/mol. The van der Waals surface area contributed by atoms with Gasteiger partial charge in [0.15, 0.2) is 0 Å². The Morgan fingerprint density at radius 3 is 1.59 bits per heavy atom. The lowest BCUT2D eigenvalue weighted by Crippen LogP contribution is -2.42. The lowest BCUT2D eigenvalue weighted by Gasteiger charge is -2.22. The number of hydrogen-bond donors (Lipinski definition) is 2. The summed E-state index contributed by atoms with van der Waals surface area (Å²) in [5.74, 6) is -1.07. The van der Waals surface area contributed by atoms with Crippen molar-refractivity contribution in [3.05, 3.63) is 71.8 Å². The molecule has 2 unspecified atom stereocenters. The van der Waals surface area contributed by atoms with Crippen molar-refractivity contribution in [1.29, 1.82) is 0 Å². The molecule has 2 rings (SSSR count). The summed E-state index contributed by atoms with van der Waals surface area (Å²) < 4.78 is 0. The molecule has 0 saturated carbocycles. The average molecular weight is 395 g/mol. The van der Waals surface area contributed by atoms with Gasteiger partial charge in [-0.2, -0.15) is 0 Å². The highest BCUT2D eigenvalue weighted by molar-refractivity contribution is 6.00. The SMILES string of the molecule is CCCCCCC(C(=O)NC(C)c1ccccc1)C(=O)NC(C)c1ccccc1. The minimum atomic E-state index is -0.677. The van der Waals surface area contributed by atoms with E-state index in [1.807, 2.05) is 74.5 Å². The Hall–Kier alpha value is -2.62. The molecule has 0 aliphatic carbocycles. The minimum Gasteiger partial charge on any atom is -0.349 e. The highest BCUT2D eigenvalue weighted by Crippen LogP contribution is 2.18. The smallest absolute Gasteiger partial charge is 0.233 e. The van der Waals surface area contributed by atoms with Crippen LogP contribution < -0.4 is 10.6 Å². The topological polar surface area (TPSA) is 58.2 Å². The van der Waals surface area contributed by atoms with Crippen molar-refractivity contribution in [3.8, 4) is 0 Å². The van der Waals surface area contributed by atoms with E-state index in [2.05, 4.69) is 17.6 Å². The molecule has 4 nitrogen and oxygen atoms in total. The molecule has 0 aliphatic heterocycles. The van der Waals surface area contributed by atoms with Gasteiger partial charge in [-0.15, -0.1) is 0 Å². The Labute approximate surface area is 175 Å². The van der Waals surface area contributed by atoms with E-state index in [1.165, 1.54) is 0 Å². The van der Waals surface area contributed by atoms with Crippen LogP contribution in [-0.4, -0.2) is 11.8 Å². The summed E-state index contributed by atoms with van der Waals surface area (Å²) in [7, 11) is 0. The third-order valence-corrected chi connectivity index (χ3v) is 5.30. The Bertz CT molecular complexity index is 686. The number of nitrogens with one attached hydrogen (secondary N) is 2. The Morgan fingerprint density at radius 2 is 1.17 bits per heavy atom. The molecule has 2 N–H and O–H groups in total. The van der Waals surface area contributed by atoms with Crippen LogP contribution in [0.2, 0.25) is 0 Å². The number of carbonyl (C=O) groups is 2. The summed E-state index contributed by atoms with van der Waals surface area (Å²) in [6.07, 6.45) is 4.73. The third kappa shape index (κ3) is 7.37. The number of unbranched alkanes of at least 4 members (excludes halogenated alkanes) is 3. The van der Waals surface area contributed by atoms with Crippen LogP contribution in [0.15, 0.2) is 60.7 Å². The van der Waals surface area contributed by atoms with Gasteiger partial charge < -0.3 is 10.6 Å². The maximum Gasteiger partial charge on any atom is 0.233 e. The summed E-state index contributed by atoms with van der Waals surface area (Å²) in [6.45, 7) is 6.05. The Kier molecular flexibility index (Phi) is 9.42. The average Bonchev–Trinajstić information content (AvgIpc) is 2.74. The summed E-state index contributed by atoms with van der Waals surface area (Å²) in [4.78, 5) is 26.0. The number of amides is 2. The third-order valence-electron chi connectivity index (χ3n) is 5.30. The Morgan fingerprint density at radius 1 is 0.724 bits per heavy atom. The molecule has 0 aromatic heterocycles. The van der Waals surface area contributed by atoms with Gasteiger partial charge in [-0.1, -0.05) is 93.3 Å². The molecule has 2 aromatic carbocycles. The number of carbonyl (C=O) groups excluding carboxylic acids is 2. The van der Waals surface area contributed by atoms with E-state index in [9.17, 15) is 9.59 Å². The first kappa shape index (κ1) is 22.7. The zero-order valence-electron chi connectivity index (χ0n) is 17.9. The molecule has 0 aliphatic rings. The van der Waals surface area contributed by atoms with Gasteiger partial charge in [-0.3, -0.25) is 9.59 Å². The largest absolute Gasteiger partial charge is 0.349 e. The molecular weight excluding hydrogens is 360 g/mol. The molecule has 0 fully saturated rings. The van der Waals surface area contributed by atoms with E-state index in [0.29, 0.717) is 6.42 Å². The maximum absolute atomic E-state index is 13.0. The van der Waals surface area contributed by atoms with E-state index in [0.717, 1.165) is 36.8 Å². The molecule has 2 amide bonds. The summed E-state index contributed by atoms with van der Waals surface area (Å²) in [5, 5.41) is 6.06. The van der Waals surface area contributed by atoms with E-state index in [4.69, 9.17) is 0 Å². The predicted octanol–water partition coefficient (Wildman–Crippen LogP) is 5.33. The number of benzene rings is 2. The lowest BCUT2D eigenvalue weighted by atomic mass is 9.97. The molecule has 0 radical (unpaired) electrons. The molecule has 4 heteroatoms. The van der Waals surface area contributed by atoms with Gasteiger partial charge in [0.25, 0.3) is 0 Å². The first-order chi connectivity index (χ1) is 14.0. The van der Waals surface area contributed by atoms with Crippen LogP contribution in [0.5, 0.6) is 0 Å². The first-order valence-corrected chi connectivity index (χ1v) is 10.7. The van der Waals surface area contributed by atoms with Crippen LogP contribution >= 0.6 is 0 Å². The van der Waals surface area contributed by atoms with Crippen LogP contribution in [0.25, 0.3) is 0 Å². The van der Waals surface area contributed by atoms with Crippen molar-refractivity contribution < 1.29 is 9.59 Å². The zero-order valence-corrected chi connectivity index (χ0v) is 17.9. The standard InChI is InChI=1S/C25H34N2O2/c1-4-5-6-13-18-23(24(28)26-19(2)21-14-9-7-10-15-21)25(29)27-20(3)22-16-11-8-12-17-22/h7-12,14-17,19-20,23H,4-6,13,18H2,1-3H3,(H,26,28)(H,27,29). The molecule has 0 bridgehead atoms. The minimum absolute atomic E-state index is 0.138. The van der Waals surface area contributed by atoms with Crippen molar-refractivity contribution in [2.75, 3.05) is 0 Å². The molecule has 0 spiro atoms. The Balaban J connectivity index is 2.04. The highest BCUT2D eigenvalue weighted by Gasteiger charge is 2.28. The number of rotatable bonds is 11. The van der Waals surface area contributed by atoms with Crippen LogP contribution in [-0.2, 0) is 9.59 Å². The molecule has 156 valence electrons. The molecule has 0 heterocycles. The van der Waals surface area contributed by atoms with Crippen molar-refractivity contribution in [1.82, 2.24) is 10.6 Å². The molecule has 0 saturated heterocycles. The van der Waals surface area contributed by atoms with Gasteiger partial charge >= 0.3 is 0 Å².